The van der Waals surface area contributed by atoms with E-state index >= 15 is 0 Å². The van der Waals surface area contributed by atoms with Crippen LogP contribution in [0.1, 0.15) is 57.1 Å². The average molecular weight is 290 g/mol. The third-order valence-electron chi connectivity index (χ3n) is 4.64. The van der Waals surface area contributed by atoms with Crippen molar-refractivity contribution in [1.82, 2.24) is 0 Å². The summed E-state index contributed by atoms with van der Waals surface area (Å²) in [5, 5.41) is 2.84. The Balaban J connectivity index is 1.99. The molecule has 0 atom stereocenters. The lowest BCUT2D eigenvalue weighted by Gasteiger charge is -2.11. The molecule has 0 heterocycles. The van der Waals surface area contributed by atoms with Gasteiger partial charge in [-0.3, -0.25) is 0 Å². The Labute approximate surface area is 134 Å². The van der Waals surface area contributed by atoms with E-state index in [2.05, 4.69) is 62.4 Å². The predicted molar refractivity (Wildman–Crippen MR) is 98.1 cm³/mol. The van der Waals surface area contributed by atoms with Crippen LogP contribution in [0.25, 0.3) is 16.3 Å². The Morgan fingerprint density at radius 2 is 1.68 bits per heavy atom. The average Bonchev–Trinajstić information content (AvgIpc) is 3.02. The molecule has 1 aliphatic carbocycles. The van der Waals surface area contributed by atoms with Crippen LogP contribution in [-0.4, -0.2) is 0 Å². The number of hydrogen-bond acceptors (Lipinski definition) is 0. The van der Waals surface area contributed by atoms with Crippen LogP contribution < -0.4 is 0 Å². The molecule has 0 aliphatic heterocycles. The Morgan fingerprint density at radius 3 is 2.45 bits per heavy atom. The number of fused-ring (bicyclic) bond motifs is 1. The van der Waals surface area contributed by atoms with Gasteiger partial charge in [-0.25, -0.2) is 0 Å². The second-order valence-electron chi connectivity index (χ2n) is 6.34. The summed E-state index contributed by atoms with van der Waals surface area (Å²) in [7, 11) is 0. The molecule has 0 N–H and O–H groups in total. The molecule has 22 heavy (non-hydrogen) atoms. The van der Waals surface area contributed by atoms with Crippen molar-refractivity contribution >= 4 is 16.3 Å². The minimum atomic E-state index is 1.14. The van der Waals surface area contributed by atoms with Gasteiger partial charge in [-0.2, -0.15) is 0 Å². The highest BCUT2D eigenvalue weighted by molar-refractivity contribution is 5.98. The molecule has 0 amide bonds. The smallest absolute Gasteiger partial charge is 0.0103 e. The van der Waals surface area contributed by atoms with Crippen molar-refractivity contribution in [2.45, 2.75) is 52.4 Å². The quantitative estimate of drug-likeness (QED) is 0.555. The van der Waals surface area contributed by atoms with Crippen molar-refractivity contribution in [2.75, 3.05) is 0 Å². The predicted octanol–water partition coefficient (Wildman–Crippen LogP) is 6.70. The monoisotopic (exact) mass is 290 g/mol. The molecule has 0 nitrogen and oxygen atoms in total. The Hall–Kier alpha value is -1.82. The highest BCUT2D eigenvalue weighted by atomic mass is 14.2. The van der Waals surface area contributed by atoms with Crippen LogP contribution >= 0.6 is 0 Å². The van der Waals surface area contributed by atoms with Crippen LogP contribution in [0.15, 0.2) is 54.1 Å². The third kappa shape index (κ3) is 3.02. The lowest BCUT2D eigenvalue weighted by atomic mass is 9.93. The Morgan fingerprint density at radius 1 is 0.864 bits per heavy atom. The summed E-state index contributed by atoms with van der Waals surface area (Å²) < 4.78 is 0. The van der Waals surface area contributed by atoms with Gasteiger partial charge in [0.15, 0.2) is 0 Å². The first-order chi connectivity index (χ1) is 10.8. The topological polar surface area (TPSA) is 0 Å². The van der Waals surface area contributed by atoms with Gasteiger partial charge in [0.1, 0.15) is 0 Å². The van der Waals surface area contributed by atoms with E-state index in [0.29, 0.717) is 0 Å². The first kappa shape index (κ1) is 15.1. The van der Waals surface area contributed by atoms with Gasteiger partial charge in [0.05, 0.1) is 0 Å². The van der Waals surface area contributed by atoms with Crippen molar-refractivity contribution in [3.8, 4) is 0 Å². The number of allylic oxidation sites excluding steroid dienone is 4. The zero-order valence-electron chi connectivity index (χ0n) is 13.9. The summed E-state index contributed by atoms with van der Waals surface area (Å²) >= 11 is 0. The fraction of sp³-hybridized carbons (Fsp3) is 0.364. The summed E-state index contributed by atoms with van der Waals surface area (Å²) in [6, 6.07) is 13.6. The van der Waals surface area contributed by atoms with E-state index in [9.17, 15) is 0 Å². The highest BCUT2D eigenvalue weighted by Crippen LogP contribution is 2.34. The van der Waals surface area contributed by atoms with Crippen molar-refractivity contribution in [2.24, 2.45) is 0 Å². The van der Waals surface area contributed by atoms with Crippen LogP contribution in [-0.2, 0) is 6.42 Å². The van der Waals surface area contributed by atoms with Gasteiger partial charge in [0.25, 0.3) is 0 Å². The second-order valence-corrected chi connectivity index (χ2v) is 6.34. The normalized spacial score (nSPS) is 14.3. The molecule has 2 aromatic carbocycles. The third-order valence-corrected chi connectivity index (χ3v) is 4.64. The van der Waals surface area contributed by atoms with Gasteiger partial charge in [0, 0.05) is 0 Å². The van der Waals surface area contributed by atoms with E-state index in [4.69, 9.17) is 0 Å². The molecule has 0 aromatic heterocycles. The first-order valence-electron chi connectivity index (χ1n) is 8.74. The molecule has 0 unspecified atom stereocenters. The fourth-order valence-electron chi connectivity index (χ4n) is 3.45. The van der Waals surface area contributed by atoms with Gasteiger partial charge in [-0.1, -0.05) is 80.8 Å². The van der Waals surface area contributed by atoms with Crippen LogP contribution in [0.2, 0.25) is 0 Å². The van der Waals surface area contributed by atoms with Crippen molar-refractivity contribution in [3.63, 3.8) is 0 Å². The molecular formula is C22H26. The maximum atomic E-state index is 2.43. The largest absolute Gasteiger partial charge is 0.0726 e. The van der Waals surface area contributed by atoms with Crippen LogP contribution in [0.3, 0.4) is 0 Å². The van der Waals surface area contributed by atoms with Gasteiger partial charge in [0.2, 0.25) is 0 Å². The molecule has 114 valence electrons. The fourth-order valence-corrected chi connectivity index (χ4v) is 3.45. The highest BCUT2D eigenvalue weighted by Gasteiger charge is 2.12. The number of rotatable bonds is 6. The second kappa shape index (κ2) is 6.96. The maximum absolute atomic E-state index is 2.43. The molecule has 0 bridgehead atoms. The van der Waals surface area contributed by atoms with E-state index in [1.807, 2.05) is 0 Å². The summed E-state index contributed by atoms with van der Waals surface area (Å²) in [6.07, 6.45) is 12.2. The molecule has 0 heteroatoms. The first-order valence-corrected chi connectivity index (χ1v) is 8.74. The molecule has 0 radical (unpaired) electrons. The summed E-state index contributed by atoms with van der Waals surface area (Å²) in [5.41, 5.74) is 5.90. The molecular weight excluding hydrogens is 264 g/mol. The van der Waals surface area contributed by atoms with Gasteiger partial charge in [-0.05, 0) is 53.2 Å². The van der Waals surface area contributed by atoms with E-state index in [1.54, 1.807) is 5.57 Å². The molecule has 0 saturated carbocycles. The summed E-state index contributed by atoms with van der Waals surface area (Å²) in [4.78, 5) is 0. The Kier molecular flexibility index (Phi) is 4.77. The number of aryl methyl sites for hydroxylation is 1. The van der Waals surface area contributed by atoms with Gasteiger partial charge >= 0.3 is 0 Å². The molecule has 3 rings (SSSR count). The lowest BCUT2D eigenvalue weighted by Crippen LogP contribution is -1.90. The molecule has 0 saturated heterocycles. The van der Waals surface area contributed by atoms with Crippen molar-refractivity contribution < 1.29 is 0 Å². The van der Waals surface area contributed by atoms with Crippen LogP contribution in [0, 0.1) is 0 Å². The number of benzene rings is 2. The maximum Gasteiger partial charge on any atom is -0.0103 e. The van der Waals surface area contributed by atoms with Crippen molar-refractivity contribution in [1.29, 1.82) is 0 Å². The molecule has 0 fully saturated rings. The zero-order valence-corrected chi connectivity index (χ0v) is 13.9. The van der Waals surface area contributed by atoms with E-state index in [-0.39, 0.29) is 0 Å². The van der Waals surface area contributed by atoms with Gasteiger partial charge in [-0.15, -0.1) is 0 Å². The number of hydrogen-bond donors (Lipinski definition) is 0. The zero-order chi connectivity index (χ0) is 15.4. The SMILES string of the molecule is CCCCC1=CC(c2ccc(CCC)c3ccccc23)=CC1. The lowest BCUT2D eigenvalue weighted by molar-refractivity contribution is 0.779. The van der Waals surface area contributed by atoms with Crippen LogP contribution in [0.5, 0.6) is 0 Å². The van der Waals surface area contributed by atoms with E-state index < -0.39 is 0 Å². The Bertz CT molecular complexity index is 716. The summed E-state index contributed by atoms with van der Waals surface area (Å²) in [5.74, 6) is 0. The molecule has 0 spiro atoms. The molecule has 2 aromatic rings. The minimum Gasteiger partial charge on any atom is -0.0726 e. The number of unbranched alkanes of at least 4 members (excludes halogenated alkanes) is 1. The van der Waals surface area contributed by atoms with E-state index in [0.717, 1.165) is 12.8 Å². The summed E-state index contributed by atoms with van der Waals surface area (Å²) in [6.45, 7) is 4.52. The van der Waals surface area contributed by atoms with Crippen molar-refractivity contribution in [3.05, 3.63) is 65.3 Å². The van der Waals surface area contributed by atoms with E-state index in [1.165, 1.54) is 53.2 Å². The standard InChI is InChI=1S/C22H26/c1-3-5-9-17-12-13-19(16-17)21-15-14-18(8-4-2)20-10-6-7-11-22(20)21/h6-7,10-11,13-16H,3-5,8-9,12H2,1-2H3. The van der Waals surface area contributed by atoms with Crippen LogP contribution in [0.4, 0.5) is 0 Å². The minimum absolute atomic E-state index is 1.14. The van der Waals surface area contributed by atoms with Gasteiger partial charge < -0.3 is 0 Å². The molecule has 1 aliphatic rings.